The van der Waals surface area contributed by atoms with Gasteiger partial charge in [-0.25, -0.2) is 15.0 Å². The number of piperidine rings is 1. The summed E-state index contributed by atoms with van der Waals surface area (Å²) in [6, 6.07) is 0. The van der Waals surface area contributed by atoms with Gasteiger partial charge in [0.1, 0.15) is 11.8 Å². The second-order valence-electron chi connectivity index (χ2n) is 4.48. The Bertz CT molecular complexity index is 575. The van der Waals surface area contributed by atoms with Crippen molar-refractivity contribution in [1.82, 2.24) is 30.7 Å². The molecule has 100 valence electrons. The highest BCUT2D eigenvalue weighted by Gasteiger charge is 2.20. The summed E-state index contributed by atoms with van der Waals surface area (Å²) >= 11 is 0. The maximum atomic E-state index is 12.0. The van der Waals surface area contributed by atoms with E-state index in [1.807, 2.05) is 0 Å². The molecule has 1 amide bonds. The van der Waals surface area contributed by atoms with Crippen LogP contribution in [-0.2, 0) is 4.79 Å². The predicted octanol–water partition coefficient (Wildman–Crippen LogP) is -0.204. The molecule has 1 unspecified atom stereocenters. The van der Waals surface area contributed by atoms with E-state index >= 15 is 0 Å². The van der Waals surface area contributed by atoms with Crippen LogP contribution in [0.1, 0.15) is 12.8 Å². The number of hydrogen-bond acceptors (Lipinski definition) is 6. The number of anilines is 1. The van der Waals surface area contributed by atoms with Gasteiger partial charge >= 0.3 is 0 Å². The molecule has 19 heavy (non-hydrogen) atoms. The topological polar surface area (TPSA) is 108 Å². The minimum absolute atomic E-state index is 0.000319. The Hall–Kier alpha value is -2.22. The second kappa shape index (κ2) is 5.19. The smallest absolute Gasteiger partial charge is 0.242 e. The molecule has 4 N–H and O–H groups in total. The molecule has 0 bridgehead atoms. The molecule has 0 aromatic carbocycles. The molecule has 0 saturated carbocycles. The lowest BCUT2D eigenvalue weighted by Gasteiger charge is -2.22. The number of fused-ring (bicyclic) bond motifs is 1. The van der Waals surface area contributed by atoms with Crippen molar-refractivity contribution in [3.8, 4) is 0 Å². The monoisotopic (exact) mass is 261 g/mol. The van der Waals surface area contributed by atoms with Crippen molar-refractivity contribution in [3.05, 3.63) is 12.7 Å². The maximum absolute atomic E-state index is 12.0. The van der Waals surface area contributed by atoms with Crippen LogP contribution in [0, 0.1) is 5.92 Å². The van der Waals surface area contributed by atoms with Gasteiger partial charge in [0.25, 0.3) is 0 Å². The van der Waals surface area contributed by atoms with Crippen molar-refractivity contribution in [2.24, 2.45) is 5.92 Å². The number of amides is 1. The Kier molecular flexibility index (Phi) is 3.23. The molecule has 1 fully saturated rings. The molecule has 2 aromatic heterocycles. The Balaban J connectivity index is 1.65. The number of carbonyl (C=O) groups is 1. The third-order valence-corrected chi connectivity index (χ3v) is 3.19. The highest BCUT2D eigenvalue weighted by molar-refractivity contribution is 5.85. The molecule has 3 heterocycles. The van der Waals surface area contributed by atoms with Gasteiger partial charge in [0, 0.05) is 6.54 Å². The number of aromatic nitrogens is 4. The lowest BCUT2D eigenvalue weighted by atomic mass is 9.99. The highest BCUT2D eigenvalue weighted by Crippen LogP contribution is 2.14. The van der Waals surface area contributed by atoms with Crippen LogP contribution in [0.3, 0.4) is 0 Å². The van der Waals surface area contributed by atoms with Crippen LogP contribution in [0.15, 0.2) is 12.7 Å². The van der Waals surface area contributed by atoms with E-state index in [2.05, 4.69) is 36.1 Å². The van der Waals surface area contributed by atoms with Gasteiger partial charge in [-0.2, -0.15) is 0 Å². The van der Waals surface area contributed by atoms with Gasteiger partial charge in [0.05, 0.1) is 12.2 Å². The van der Waals surface area contributed by atoms with Gasteiger partial charge in [0.15, 0.2) is 11.5 Å². The molecule has 2 aromatic rings. The van der Waals surface area contributed by atoms with Gasteiger partial charge in [0.2, 0.25) is 5.91 Å². The Morgan fingerprint density at radius 1 is 1.37 bits per heavy atom. The number of imidazole rings is 1. The average Bonchev–Trinajstić information content (AvgIpc) is 2.94. The Labute approximate surface area is 109 Å². The summed E-state index contributed by atoms with van der Waals surface area (Å²) in [5.74, 6) is 0.485. The van der Waals surface area contributed by atoms with Crippen LogP contribution in [0.2, 0.25) is 0 Å². The quantitative estimate of drug-likeness (QED) is 0.570. The molecule has 0 spiro atoms. The first kappa shape index (κ1) is 11.8. The van der Waals surface area contributed by atoms with E-state index in [0.717, 1.165) is 25.9 Å². The lowest BCUT2D eigenvalue weighted by Crippen LogP contribution is -2.42. The molecule has 1 atom stereocenters. The first-order valence-corrected chi connectivity index (χ1v) is 6.25. The van der Waals surface area contributed by atoms with Crippen LogP contribution >= 0.6 is 0 Å². The lowest BCUT2D eigenvalue weighted by molar-refractivity contribution is -0.124. The zero-order chi connectivity index (χ0) is 13.1. The molecule has 1 aliphatic heterocycles. The Morgan fingerprint density at radius 3 is 3.16 bits per heavy atom. The fraction of sp³-hybridized carbons (Fsp3) is 0.455. The molecule has 0 aliphatic carbocycles. The molecule has 1 aliphatic rings. The zero-order valence-corrected chi connectivity index (χ0v) is 10.3. The number of hydrazine groups is 1. The van der Waals surface area contributed by atoms with Crippen molar-refractivity contribution in [2.75, 3.05) is 18.5 Å². The van der Waals surface area contributed by atoms with E-state index in [1.54, 1.807) is 0 Å². The maximum Gasteiger partial charge on any atom is 0.242 e. The van der Waals surface area contributed by atoms with E-state index in [1.165, 1.54) is 12.7 Å². The third kappa shape index (κ3) is 2.48. The molecule has 3 rings (SSSR count). The Morgan fingerprint density at radius 2 is 2.32 bits per heavy atom. The summed E-state index contributed by atoms with van der Waals surface area (Å²) in [5.41, 5.74) is 6.74. The molecule has 8 heteroatoms. The van der Waals surface area contributed by atoms with Gasteiger partial charge in [-0.3, -0.25) is 15.6 Å². The molecular weight excluding hydrogens is 246 g/mol. The third-order valence-electron chi connectivity index (χ3n) is 3.19. The summed E-state index contributed by atoms with van der Waals surface area (Å²) in [6.45, 7) is 1.70. The zero-order valence-electron chi connectivity index (χ0n) is 10.3. The molecule has 0 radical (unpaired) electrons. The van der Waals surface area contributed by atoms with E-state index in [4.69, 9.17) is 0 Å². The summed E-state index contributed by atoms with van der Waals surface area (Å²) in [5, 5.41) is 3.21. The number of nitrogens with one attached hydrogen (secondary N) is 4. The molecule has 1 saturated heterocycles. The molecule has 8 nitrogen and oxygen atoms in total. The molecular formula is C11H15N7O. The predicted molar refractivity (Wildman–Crippen MR) is 69.0 cm³/mol. The standard InChI is InChI=1S/C11H15N7O/c19-11(7-2-1-3-12-4-7)18-17-10-8-9(14-5-13-8)15-6-16-10/h5-7,12H,1-4H2,(H,18,19)(H2,13,14,15,16,17). The number of rotatable bonds is 3. The number of aromatic amines is 1. The minimum atomic E-state index is -0.0292. The van der Waals surface area contributed by atoms with Crippen LogP contribution in [0.25, 0.3) is 11.2 Å². The van der Waals surface area contributed by atoms with Gasteiger partial charge in [-0.05, 0) is 19.4 Å². The second-order valence-corrected chi connectivity index (χ2v) is 4.48. The highest BCUT2D eigenvalue weighted by atomic mass is 16.2. The summed E-state index contributed by atoms with van der Waals surface area (Å²) < 4.78 is 0. The van der Waals surface area contributed by atoms with E-state index in [0.29, 0.717) is 17.0 Å². The van der Waals surface area contributed by atoms with Crippen molar-refractivity contribution >= 4 is 22.9 Å². The minimum Gasteiger partial charge on any atom is -0.340 e. The van der Waals surface area contributed by atoms with E-state index in [9.17, 15) is 4.79 Å². The van der Waals surface area contributed by atoms with Crippen LogP contribution in [0.5, 0.6) is 0 Å². The van der Waals surface area contributed by atoms with E-state index < -0.39 is 0 Å². The van der Waals surface area contributed by atoms with Gasteiger partial charge in [-0.1, -0.05) is 0 Å². The summed E-state index contributed by atoms with van der Waals surface area (Å²) in [4.78, 5) is 27.0. The number of H-pyrrole nitrogens is 1. The van der Waals surface area contributed by atoms with E-state index in [-0.39, 0.29) is 11.8 Å². The SMILES string of the molecule is O=C(NNc1ncnc2nc[nH]c12)C1CCCNC1. The van der Waals surface area contributed by atoms with Gasteiger partial charge < -0.3 is 10.3 Å². The van der Waals surface area contributed by atoms with Gasteiger partial charge in [-0.15, -0.1) is 0 Å². The number of carbonyl (C=O) groups excluding carboxylic acids is 1. The fourth-order valence-electron chi connectivity index (χ4n) is 2.16. The van der Waals surface area contributed by atoms with Crippen LogP contribution in [0.4, 0.5) is 5.82 Å². The fourth-order valence-corrected chi connectivity index (χ4v) is 2.16. The normalized spacial score (nSPS) is 19.3. The first-order chi connectivity index (χ1) is 9.34. The summed E-state index contributed by atoms with van der Waals surface area (Å²) in [7, 11) is 0. The average molecular weight is 261 g/mol. The largest absolute Gasteiger partial charge is 0.340 e. The van der Waals surface area contributed by atoms with Crippen molar-refractivity contribution in [2.45, 2.75) is 12.8 Å². The van der Waals surface area contributed by atoms with Crippen molar-refractivity contribution < 1.29 is 4.79 Å². The first-order valence-electron chi connectivity index (χ1n) is 6.25. The summed E-state index contributed by atoms with van der Waals surface area (Å²) in [6.07, 6.45) is 4.87. The number of hydrogen-bond donors (Lipinski definition) is 4. The van der Waals surface area contributed by atoms with Crippen molar-refractivity contribution in [3.63, 3.8) is 0 Å². The van der Waals surface area contributed by atoms with Crippen LogP contribution < -0.4 is 16.2 Å². The number of nitrogens with zero attached hydrogens (tertiary/aromatic N) is 3. The van der Waals surface area contributed by atoms with Crippen molar-refractivity contribution in [1.29, 1.82) is 0 Å². The van der Waals surface area contributed by atoms with Crippen LogP contribution in [-0.4, -0.2) is 38.9 Å².